The normalized spacial score (nSPS) is 10.9. The van der Waals surface area contributed by atoms with Gasteiger partial charge >= 0.3 is 0 Å². The van der Waals surface area contributed by atoms with Gasteiger partial charge in [-0.25, -0.2) is 4.98 Å². The van der Waals surface area contributed by atoms with Crippen LogP contribution in [-0.2, 0) is 0 Å². The highest BCUT2D eigenvalue weighted by atomic mass is 35.5. The number of halogens is 1. The van der Waals surface area contributed by atoms with E-state index in [0.717, 1.165) is 0 Å². The molecule has 1 heterocycles. The second kappa shape index (κ2) is 4.65. The first-order valence-corrected chi connectivity index (χ1v) is 6.33. The Balaban J connectivity index is 2.12. The average Bonchev–Trinajstić information content (AvgIpc) is 2.84. The number of Topliss-reactive ketones (excluding diaryl/α,β-unsaturated/α-hetero) is 1. The molecule has 0 spiro atoms. The van der Waals surface area contributed by atoms with Gasteiger partial charge < -0.3 is 9.52 Å². The van der Waals surface area contributed by atoms with Crippen molar-refractivity contribution in [1.29, 1.82) is 0 Å². The molecule has 1 aromatic heterocycles. The molecule has 0 unspecified atom stereocenters. The van der Waals surface area contributed by atoms with Crippen LogP contribution in [-0.4, -0.2) is 15.9 Å². The third-order valence-electron chi connectivity index (χ3n) is 2.99. The smallest absolute Gasteiger partial charge is 0.227 e. The highest BCUT2D eigenvalue weighted by Gasteiger charge is 2.11. The van der Waals surface area contributed by atoms with Crippen molar-refractivity contribution >= 4 is 28.5 Å². The van der Waals surface area contributed by atoms with E-state index in [1.165, 1.54) is 13.0 Å². The Morgan fingerprint density at radius 1 is 1.25 bits per heavy atom. The highest BCUT2D eigenvalue weighted by Crippen LogP contribution is 2.31. The topological polar surface area (TPSA) is 63.3 Å². The summed E-state index contributed by atoms with van der Waals surface area (Å²) in [4.78, 5) is 15.7. The first-order chi connectivity index (χ1) is 9.54. The predicted molar refractivity (Wildman–Crippen MR) is 76.1 cm³/mol. The molecule has 0 saturated carbocycles. The fraction of sp³-hybridized carbons (Fsp3) is 0.0667. The van der Waals surface area contributed by atoms with Crippen molar-refractivity contribution in [3.05, 3.63) is 47.0 Å². The van der Waals surface area contributed by atoms with Crippen LogP contribution in [0.1, 0.15) is 17.3 Å². The van der Waals surface area contributed by atoms with Gasteiger partial charge in [-0.1, -0.05) is 11.6 Å². The van der Waals surface area contributed by atoms with Gasteiger partial charge in [0.1, 0.15) is 11.3 Å². The number of rotatable bonds is 2. The molecule has 5 heteroatoms. The van der Waals surface area contributed by atoms with Gasteiger partial charge in [0.05, 0.1) is 5.02 Å². The summed E-state index contributed by atoms with van der Waals surface area (Å²) in [6.07, 6.45) is 0. The maximum Gasteiger partial charge on any atom is 0.227 e. The van der Waals surface area contributed by atoms with Gasteiger partial charge in [0.25, 0.3) is 0 Å². The van der Waals surface area contributed by atoms with Crippen LogP contribution in [0.4, 0.5) is 0 Å². The molecular weight excluding hydrogens is 278 g/mol. The van der Waals surface area contributed by atoms with Crippen LogP contribution in [0.3, 0.4) is 0 Å². The molecule has 0 aliphatic carbocycles. The molecule has 0 bridgehead atoms. The number of aromatic hydroxyl groups is 1. The predicted octanol–water partition coefficient (Wildman–Crippen LogP) is 4.06. The molecule has 0 fully saturated rings. The van der Waals surface area contributed by atoms with Crippen molar-refractivity contribution in [2.24, 2.45) is 0 Å². The standard InChI is InChI=1S/C15H10ClNO3/c1-8(18)9-2-4-12-14(7-9)20-15(17-12)10-3-5-13(19)11(16)6-10/h2-7,19H,1H3. The number of hydrogen-bond acceptors (Lipinski definition) is 4. The van der Waals surface area contributed by atoms with E-state index in [4.69, 9.17) is 16.0 Å². The van der Waals surface area contributed by atoms with Gasteiger partial charge in [0.15, 0.2) is 11.4 Å². The maximum absolute atomic E-state index is 11.3. The van der Waals surface area contributed by atoms with Gasteiger partial charge in [-0.15, -0.1) is 0 Å². The molecule has 0 aliphatic heterocycles. The summed E-state index contributed by atoms with van der Waals surface area (Å²) in [5.41, 5.74) is 2.43. The molecule has 0 aliphatic rings. The zero-order valence-corrected chi connectivity index (χ0v) is 11.3. The zero-order chi connectivity index (χ0) is 14.3. The van der Waals surface area contributed by atoms with Crippen LogP contribution in [0.5, 0.6) is 5.75 Å². The Kier molecular flexibility index (Phi) is 2.95. The third kappa shape index (κ3) is 2.14. The molecule has 0 saturated heterocycles. The van der Waals surface area contributed by atoms with Gasteiger partial charge in [0.2, 0.25) is 5.89 Å². The monoisotopic (exact) mass is 287 g/mol. The minimum Gasteiger partial charge on any atom is -0.506 e. The lowest BCUT2D eigenvalue weighted by Crippen LogP contribution is -1.89. The summed E-state index contributed by atoms with van der Waals surface area (Å²) in [6.45, 7) is 1.50. The number of fused-ring (bicyclic) bond motifs is 1. The van der Waals surface area contributed by atoms with E-state index in [1.54, 1.807) is 30.3 Å². The molecular formula is C15H10ClNO3. The minimum absolute atomic E-state index is 0.00499. The molecule has 0 radical (unpaired) electrons. The first-order valence-electron chi connectivity index (χ1n) is 5.95. The van der Waals surface area contributed by atoms with Crippen LogP contribution in [0.25, 0.3) is 22.6 Å². The van der Waals surface area contributed by atoms with Crippen molar-refractivity contribution in [2.75, 3.05) is 0 Å². The number of phenols is 1. The number of phenolic OH excluding ortho intramolecular Hbond substituents is 1. The van der Waals surface area contributed by atoms with E-state index in [9.17, 15) is 9.90 Å². The first kappa shape index (κ1) is 12.7. The second-order valence-corrected chi connectivity index (χ2v) is 4.83. The fourth-order valence-electron chi connectivity index (χ4n) is 1.91. The van der Waals surface area contributed by atoms with Gasteiger partial charge in [-0.05, 0) is 43.3 Å². The van der Waals surface area contributed by atoms with E-state index >= 15 is 0 Å². The van der Waals surface area contributed by atoms with Crippen LogP contribution in [0.2, 0.25) is 5.02 Å². The summed E-state index contributed by atoms with van der Waals surface area (Å²) in [5, 5.41) is 9.64. The largest absolute Gasteiger partial charge is 0.506 e. The van der Waals surface area contributed by atoms with E-state index in [0.29, 0.717) is 28.1 Å². The van der Waals surface area contributed by atoms with Gasteiger partial charge in [-0.2, -0.15) is 0 Å². The van der Waals surface area contributed by atoms with Crippen LogP contribution >= 0.6 is 11.6 Å². The lowest BCUT2D eigenvalue weighted by Gasteiger charge is -1.98. The number of hydrogen-bond donors (Lipinski definition) is 1. The number of benzene rings is 2. The Morgan fingerprint density at radius 2 is 2.05 bits per heavy atom. The number of aromatic nitrogens is 1. The summed E-state index contributed by atoms with van der Waals surface area (Å²) in [5.74, 6) is 0.366. The quantitative estimate of drug-likeness (QED) is 0.722. The van der Waals surface area contributed by atoms with E-state index in [-0.39, 0.29) is 16.6 Å². The molecule has 3 aromatic rings. The van der Waals surface area contributed by atoms with E-state index in [2.05, 4.69) is 4.98 Å². The minimum atomic E-state index is -0.0301. The lowest BCUT2D eigenvalue weighted by molar-refractivity contribution is 0.101. The van der Waals surface area contributed by atoms with Crippen LogP contribution in [0, 0.1) is 0 Å². The number of carbonyl (C=O) groups excluding carboxylic acids is 1. The van der Waals surface area contributed by atoms with Crippen molar-refractivity contribution in [3.63, 3.8) is 0 Å². The van der Waals surface area contributed by atoms with E-state index in [1.807, 2.05) is 0 Å². The Morgan fingerprint density at radius 3 is 2.75 bits per heavy atom. The number of carbonyl (C=O) groups is 1. The third-order valence-corrected chi connectivity index (χ3v) is 3.29. The molecule has 4 nitrogen and oxygen atoms in total. The van der Waals surface area contributed by atoms with Gasteiger partial charge in [0, 0.05) is 11.1 Å². The molecule has 20 heavy (non-hydrogen) atoms. The maximum atomic E-state index is 11.3. The summed E-state index contributed by atoms with van der Waals surface area (Å²) in [6, 6.07) is 9.83. The van der Waals surface area contributed by atoms with Gasteiger partial charge in [-0.3, -0.25) is 4.79 Å². The Hall–Kier alpha value is -2.33. The van der Waals surface area contributed by atoms with Crippen LogP contribution < -0.4 is 0 Å². The number of nitrogens with zero attached hydrogens (tertiary/aromatic N) is 1. The van der Waals surface area contributed by atoms with Crippen molar-refractivity contribution in [2.45, 2.75) is 6.92 Å². The average molecular weight is 288 g/mol. The molecule has 0 atom stereocenters. The fourth-order valence-corrected chi connectivity index (χ4v) is 2.09. The lowest BCUT2D eigenvalue weighted by atomic mass is 10.1. The second-order valence-electron chi connectivity index (χ2n) is 4.42. The summed E-state index contributed by atoms with van der Waals surface area (Å²) >= 11 is 5.87. The molecule has 1 N–H and O–H groups in total. The van der Waals surface area contributed by atoms with Crippen molar-refractivity contribution in [1.82, 2.24) is 4.98 Å². The molecule has 100 valence electrons. The Bertz CT molecular complexity index is 823. The Labute approximate surface area is 119 Å². The summed E-state index contributed by atoms with van der Waals surface area (Å²) in [7, 11) is 0. The highest BCUT2D eigenvalue weighted by molar-refractivity contribution is 6.32. The molecule has 3 rings (SSSR count). The van der Waals surface area contributed by atoms with Crippen LogP contribution in [0.15, 0.2) is 40.8 Å². The number of ketones is 1. The summed E-state index contributed by atoms with van der Waals surface area (Å²) < 4.78 is 5.64. The zero-order valence-electron chi connectivity index (χ0n) is 10.6. The number of oxazole rings is 1. The van der Waals surface area contributed by atoms with Crippen molar-refractivity contribution in [3.8, 4) is 17.2 Å². The van der Waals surface area contributed by atoms with Crippen molar-refractivity contribution < 1.29 is 14.3 Å². The van der Waals surface area contributed by atoms with E-state index < -0.39 is 0 Å². The molecule has 0 amide bonds. The molecule has 2 aromatic carbocycles. The SMILES string of the molecule is CC(=O)c1ccc2nc(-c3ccc(O)c(Cl)c3)oc2c1.